The highest BCUT2D eigenvalue weighted by Gasteiger charge is 2.09. The van der Waals surface area contributed by atoms with Crippen LogP contribution in [-0.4, -0.2) is 13.1 Å². The molecular weight excluding hydrogens is 238 g/mol. The lowest BCUT2D eigenvalue weighted by Gasteiger charge is -2.17. The van der Waals surface area contributed by atoms with E-state index in [1.807, 2.05) is 0 Å². The predicted octanol–water partition coefficient (Wildman–Crippen LogP) is 3.18. The molecular formula is C12H14BrN. The normalized spacial score (nSPS) is 16.8. The maximum absolute atomic E-state index is 3.70. The number of hydrogen-bond acceptors (Lipinski definition) is 1. The summed E-state index contributed by atoms with van der Waals surface area (Å²) >= 11 is 3.70. The van der Waals surface area contributed by atoms with E-state index in [4.69, 9.17) is 0 Å². The molecule has 0 aliphatic carbocycles. The number of benzene rings is 1. The minimum atomic E-state index is 1.11. The zero-order valence-corrected chi connectivity index (χ0v) is 9.68. The Morgan fingerprint density at radius 2 is 1.71 bits per heavy atom. The summed E-state index contributed by atoms with van der Waals surface area (Å²) in [5.74, 6) is 0. The van der Waals surface area contributed by atoms with Crippen molar-refractivity contribution in [2.45, 2.75) is 12.8 Å². The van der Waals surface area contributed by atoms with Crippen molar-refractivity contribution in [3.05, 3.63) is 41.5 Å². The first-order valence-electron chi connectivity index (χ1n) is 5.01. The lowest BCUT2D eigenvalue weighted by Crippen LogP contribution is -2.23. The molecule has 0 bridgehead atoms. The summed E-state index contributed by atoms with van der Waals surface area (Å²) in [6, 6.07) is 10.5. The Morgan fingerprint density at radius 3 is 2.36 bits per heavy atom. The maximum atomic E-state index is 3.70. The van der Waals surface area contributed by atoms with Gasteiger partial charge >= 0.3 is 0 Å². The Hall–Kier alpha value is -0.600. The van der Waals surface area contributed by atoms with Gasteiger partial charge in [-0.05, 0) is 31.5 Å². The number of piperidine rings is 1. The molecule has 1 nitrogen and oxygen atoms in total. The molecule has 1 aromatic rings. The van der Waals surface area contributed by atoms with E-state index in [1.54, 1.807) is 0 Å². The molecule has 0 radical (unpaired) electrons. The summed E-state index contributed by atoms with van der Waals surface area (Å²) < 4.78 is 1.29. The molecule has 1 saturated heterocycles. The van der Waals surface area contributed by atoms with Gasteiger partial charge in [-0.1, -0.05) is 51.8 Å². The van der Waals surface area contributed by atoms with Gasteiger partial charge in [0.1, 0.15) is 0 Å². The SMILES string of the molecule is BrC(=C1CCNCC1)c1ccccc1. The van der Waals surface area contributed by atoms with Crippen molar-refractivity contribution in [1.82, 2.24) is 5.32 Å². The van der Waals surface area contributed by atoms with E-state index in [2.05, 4.69) is 51.6 Å². The Balaban J connectivity index is 2.25. The van der Waals surface area contributed by atoms with Crippen LogP contribution in [0, 0.1) is 0 Å². The summed E-state index contributed by atoms with van der Waals surface area (Å²) in [4.78, 5) is 0. The van der Waals surface area contributed by atoms with Crippen LogP contribution in [0.15, 0.2) is 35.9 Å². The van der Waals surface area contributed by atoms with Crippen molar-refractivity contribution in [2.75, 3.05) is 13.1 Å². The molecule has 74 valence electrons. The average Bonchev–Trinajstić information content (AvgIpc) is 2.30. The molecule has 1 fully saturated rings. The van der Waals surface area contributed by atoms with Gasteiger partial charge in [-0.2, -0.15) is 0 Å². The first kappa shape index (κ1) is 9.94. The smallest absolute Gasteiger partial charge is 0.0240 e. The number of halogens is 1. The van der Waals surface area contributed by atoms with Crippen molar-refractivity contribution in [2.24, 2.45) is 0 Å². The largest absolute Gasteiger partial charge is 0.316 e. The van der Waals surface area contributed by atoms with Gasteiger partial charge in [-0.25, -0.2) is 0 Å². The van der Waals surface area contributed by atoms with Gasteiger partial charge in [-0.3, -0.25) is 0 Å². The minimum absolute atomic E-state index is 1.11. The summed E-state index contributed by atoms with van der Waals surface area (Å²) in [5, 5.41) is 3.37. The minimum Gasteiger partial charge on any atom is -0.316 e. The Kier molecular flexibility index (Phi) is 3.38. The molecule has 2 heteroatoms. The van der Waals surface area contributed by atoms with Crippen LogP contribution in [0.3, 0.4) is 0 Å². The average molecular weight is 252 g/mol. The molecule has 1 aliphatic heterocycles. The van der Waals surface area contributed by atoms with E-state index in [0.29, 0.717) is 0 Å². The Morgan fingerprint density at radius 1 is 1.07 bits per heavy atom. The molecule has 1 aromatic carbocycles. The van der Waals surface area contributed by atoms with Gasteiger partial charge in [0, 0.05) is 4.48 Å². The Labute approximate surface area is 93.3 Å². The van der Waals surface area contributed by atoms with E-state index < -0.39 is 0 Å². The van der Waals surface area contributed by atoms with Crippen LogP contribution in [0.4, 0.5) is 0 Å². The standard InChI is InChI=1S/C12H14BrN/c13-12(10-4-2-1-3-5-10)11-6-8-14-9-7-11/h1-5,14H,6-9H2. The zero-order chi connectivity index (χ0) is 9.80. The monoisotopic (exact) mass is 251 g/mol. The van der Waals surface area contributed by atoms with Crippen LogP contribution in [0.2, 0.25) is 0 Å². The third-order valence-corrected chi connectivity index (χ3v) is 3.56. The molecule has 0 spiro atoms. The summed E-state index contributed by atoms with van der Waals surface area (Å²) in [7, 11) is 0. The molecule has 2 rings (SSSR count). The third kappa shape index (κ3) is 2.25. The van der Waals surface area contributed by atoms with Gasteiger partial charge in [0.25, 0.3) is 0 Å². The van der Waals surface area contributed by atoms with E-state index in [0.717, 1.165) is 25.9 Å². The molecule has 14 heavy (non-hydrogen) atoms. The van der Waals surface area contributed by atoms with Crippen LogP contribution >= 0.6 is 15.9 Å². The van der Waals surface area contributed by atoms with Crippen LogP contribution in [0.25, 0.3) is 4.48 Å². The van der Waals surface area contributed by atoms with Crippen LogP contribution in [-0.2, 0) is 0 Å². The third-order valence-electron chi connectivity index (χ3n) is 2.54. The lowest BCUT2D eigenvalue weighted by atomic mass is 10.0. The lowest BCUT2D eigenvalue weighted by molar-refractivity contribution is 0.613. The molecule has 1 heterocycles. The second-order valence-corrected chi connectivity index (χ2v) is 4.33. The van der Waals surface area contributed by atoms with Gasteiger partial charge in [0.2, 0.25) is 0 Å². The first-order chi connectivity index (χ1) is 6.88. The van der Waals surface area contributed by atoms with Gasteiger partial charge < -0.3 is 5.32 Å². The fraction of sp³-hybridized carbons (Fsp3) is 0.333. The molecule has 0 atom stereocenters. The van der Waals surface area contributed by atoms with E-state index >= 15 is 0 Å². The van der Waals surface area contributed by atoms with Crippen LogP contribution < -0.4 is 5.32 Å². The highest BCUT2D eigenvalue weighted by atomic mass is 79.9. The Bertz CT molecular complexity index is 321. The quantitative estimate of drug-likeness (QED) is 0.809. The number of nitrogens with one attached hydrogen (secondary N) is 1. The molecule has 1 aliphatic rings. The molecule has 0 amide bonds. The highest BCUT2D eigenvalue weighted by Crippen LogP contribution is 2.29. The summed E-state index contributed by atoms with van der Waals surface area (Å²) in [5.41, 5.74) is 2.83. The van der Waals surface area contributed by atoms with Crippen molar-refractivity contribution < 1.29 is 0 Å². The van der Waals surface area contributed by atoms with Crippen molar-refractivity contribution in [3.63, 3.8) is 0 Å². The van der Waals surface area contributed by atoms with Crippen LogP contribution in [0.5, 0.6) is 0 Å². The van der Waals surface area contributed by atoms with Crippen molar-refractivity contribution >= 4 is 20.4 Å². The van der Waals surface area contributed by atoms with Gasteiger partial charge in [-0.15, -0.1) is 0 Å². The predicted molar refractivity (Wildman–Crippen MR) is 64.4 cm³/mol. The summed E-state index contributed by atoms with van der Waals surface area (Å²) in [6.07, 6.45) is 2.32. The molecule has 0 unspecified atom stereocenters. The second-order valence-electron chi connectivity index (χ2n) is 3.53. The maximum Gasteiger partial charge on any atom is 0.0240 e. The first-order valence-corrected chi connectivity index (χ1v) is 5.81. The topological polar surface area (TPSA) is 12.0 Å². The van der Waals surface area contributed by atoms with E-state index in [1.165, 1.54) is 15.6 Å². The van der Waals surface area contributed by atoms with E-state index in [9.17, 15) is 0 Å². The summed E-state index contributed by atoms with van der Waals surface area (Å²) in [6.45, 7) is 2.22. The molecule has 1 N–H and O–H groups in total. The molecule has 0 saturated carbocycles. The number of hydrogen-bond donors (Lipinski definition) is 1. The van der Waals surface area contributed by atoms with Crippen LogP contribution in [0.1, 0.15) is 18.4 Å². The fourth-order valence-corrected chi connectivity index (χ4v) is 2.40. The zero-order valence-electron chi connectivity index (χ0n) is 8.09. The van der Waals surface area contributed by atoms with E-state index in [-0.39, 0.29) is 0 Å². The van der Waals surface area contributed by atoms with Gasteiger partial charge in [0.05, 0.1) is 0 Å². The second kappa shape index (κ2) is 4.76. The van der Waals surface area contributed by atoms with Crippen molar-refractivity contribution in [3.8, 4) is 0 Å². The fourth-order valence-electron chi connectivity index (χ4n) is 1.74. The van der Waals surface area contributed by atoms with Gasteiger partial charge in [0.15, 0.2) is 0 Å². The highest BCUT2D eigenvalue weighted by molar-refractivity contribution is 9.15. The van der Waals surface area contributed by atoms with Crippen molar-refractivity contribution in [1.29, 1.82) is 0 Å². The number of rotatable bonds is 1. The molecule has 0 aromatic heterocycles.